The van der Waals surface area contributed by atoms with Crippen molar-refractivity contribution in [2.45, 2.75) is 45.8 Å². The van der Waals surface area contributed by atoms with Crippen molar-refractivity contribution in [2.75, 3.05) is 13.1 Å². The SMILES string of the molecule is CCn1nccc1CN1CC(CN)CCC1C. The summed E-state index contributed by atoms with van der Waals surface area (Å²) in [5.74, 6) is 0.671. The van der Waals surface area contributed by atoms with Crippen molar-refractivity contribution < 1.29 is 0 Å². The van der Waals surface area contributed by atoms with Crippen molar-refractivity contribution in [1.29, 1.82) is 0 Å². The normalized spacial score (nSPS) is 26.3. The van der Waals surface area contributed by atoms with E-state index in [1.807, 2.05) is 6.20 Å². The second kappa shape index (κ2) is 5.65. The Labute approximate surface area is 104 Å². The Morgan fingerprint density at radius 1 is 1.47 bits per heavy atom. The predicted octanol–water partition coefficient (Wildman–Crippen LogP) is 1.46. The summed E-state index contributed by atoms with van der Waals surface area (Å²) in [5.41, 5.74) is 7.11. The zero-order valence-electron chi connectivity index (χ0n) is 11.0. The standard InChI is InChI=1S/C13H24N4/c1-3-17-13(6-7-15-17)10-16-9-12(8-14)5-4-11(16)2/h6-7,11-12H,3-5,8-10,14H2,1-2H3. The summed E-state index contributed by atoms with van der Waals surface area (Å²) in [4.78, 5) is 2.55. The van der Waals surface area contributed by atoms with Gasteiger partial charge in [0, 0.05) is 31.9 Å². The Balaban J connectivity index is 2.01. The number of nitrogens with two attached hydrogens (primary N) is 1. The van der Waals surface area contributed by atoms with Crippen molar-refractivity contribution >= 4 is 0 Å². The van der Waals surface area contributed by atoms with E-state index in [2.05, 4.69) is 34.6 Å². The molecule has 4 nitrogen and oxygen atoms in total. The fourth-order valence-corrected chi connectivity index (χ4v) is 2.66. The number of aromatic nitrogens is 2. The third-order valence-electron chi connectivity index (χ3n) is 3.91. The molecule has 1 saturated heterocycles. The molecule has 0 amide bonds. The molecule has 1 aromatic rings. The molecular formula is C13H24N4. The minimum Gasteiger partial charge on any atom is -0.330 e. The second-order valence-corrected chi connectivity index (χ2v) is 5.10. The number of hydrogen-bond acceptors (Lipinski definition) is 3. The number of piperidine rings is 1. The third kappa shape index (κ3) is 2.87. The van der Waals surface area contributed by atoms with Crippen molar-refractivity contribution in [1.82, 2.24) is 14.7 Å². The van der Waals surface area contributed by atoms with Crippen LogP contribution in [0.2, 0.25) is 0 Å². The molecule has 4 heteroatoms. The van der Waals surface area contributed by atoms with Crippen molar-refractivity contribution in [2.24, 2.45) is 11.7 Å². The van der Waals surface area contributed by atoms with Crippen LogP contribution in [0, 0.1) is 5.92 Å². The molecule has 0 bridgehead atoms. The summed E-state index contributed by atoms with van der Waals surface area (Å²) in [5, 5.41) is 4.33. The molecule has 1 aliphatic rings. The van der Waals surface area contributed by atoms with Crippen LogP contribution >= 0.6 is 0 Å². The van der Waals surface area contributed by atoms with Crippen molar-refractivity contribution in [3.63, 3.8) is 0 Å². The molecule has 17 heavy (non-hydrogen) atoms. The fourth-order valence-electron chi connectivity index (χ4n) is 2.66. The number of rotatable bonds is 4. The quantitative estimate of drug-likeness (QED) is 0.861. The molecule has 0 saturated carbocycles. The average Bonchev–Trinajstić information content (AvgIpc) is 2.79. The van der Waals surface area contributed by atoms with Gasteiger partial charge in [0.05, 0.1) is 5.69 Å². The zero-order chi connectivity index (χ0) is 12.3. The number of aryl methyl sites for hydroxylation is 1. The summed E-state index contributed by atoms with van der Waals surface area (Å²) in [6, 6.07) is 2.79. The Morgan fingerprint density at radius 3 is 3.00 bits per heavy atom. The highest BCUT2D eigenvalue weighted by Crippen LogP contribution is 2.22. The summed E-state index contributed by atoms with van der Waals surface area (Å²) in [7, 11) is 0. The first-order valence-electron chi connectivity index (χ1n) is 6.69. The summed E-state index contributed by atoms with van der Waals surface area (Å²) in [6.07, 6.45) is 4.44. The minimum atomic E-state index is 0.665. The molecule has 1 aliphatic heterocycles. The van der Waals surface area contributed by atoms with Crippen LogP contribution in [0.1, 0.15) is 32.4 Å². The van der Waals surface area contributed by atoms with Crippen LogP contribution in [0.4, 0.5) is 0 Å². The Morgan fingerprint density at radius 2 is 2.29 bits per heavy atom. The molecular weight excluding hydrogens is 212 g/mol. The van der Waals surface area contributed by atoms with E-state index in [1.54, 1.807) is 0 Å². The average molecular weight is 236 g/mol. The smallest absolute Gasteiger partial charge is 0.0524 e. The highest BCUT2D eigenvalue weighted by atomic mass is 15.3. The molecule has 1 fully saturated rings. The lowest BCUT2D eigenvalue weighted by Crippen LogP contribution is -2.43. The Bertz CT molecular complexity index is 347. The van der Waals surface area contributed by atoms with Gasteiger partial charge >= 0.3 is 0 Å². The largest absolute Gasteiger partial charge is 0.330 e. The van der Waals surface area contributed by atoms with Gasteiger partial charge in [-0.25, -0.2) is 0 Å². The highest BCUT2D eigenvalue weighted by molar-refractivity contribution is 5.01. The summed E-state index contributed by atoms with van der Waals surface area (Å²) >= 11 is 0. The molecule has 0 aromatic carbocycles. The molecule has 96 valence electrons. The van der Waals surface area contributed by atoms with Gasteiger partial charge < -0.3 is 5.73 Å². The second-order valence-electron chi connectivity index (χ2n) is 5.10. The van der Waals surface area contributed by atoms with Gasteiger partial charge in [0.25, 0.3) is 0 Å². The predicted molar refractivity (Wildman–Crippen MR) is 69.6 cm³/mol. The van der Waals surface area contributed by atoms with Crippen LogP contribution in [0.25, 0.3) is 0 Å². The maximum Gasteiger partial charge on any atom is 0.0524 e. The van der Waals surface area contributed by atoms with Crippen LogP contribution in [0.15, 0.2) is 12.3 Å². The van der Waals surface area contributed by atoms with Crippen molar-refractivity contribution in [3.8, 4) is 0 Å². The molecule has 2 atom stereocenters. The van der Waals surface area contributed by atoms with E-state index in [1.165, 1.54) is 18.5 Å². The van der Waals surface area contributed by atoms with Crippen LogP contribution in [0.5, 0.6) is 0 Å². The van der Waals surface area contributed by atoms with Gasteiger partial charge in [0.2, 0.25) is 0 Å². The van der Waals surface area contributed by atoms with Gasteiger partial charge in [-0.1, -0.05) is 0 Å². The molecule has 2 heterocycles. The molecule has 2 rings (SSSR count). The third-order valence-corrected chi connectivity index (χ3v) is 3.91. The van der Waals surface area contributed by atoms with Crippen LogP contribution in [-0.4, -0.2) is 33.8 Å². The number of likely N-dealkylation sites (tertiary alicyclic amines) is 1. The van der Waals surface area contributed by atoms with E-state index in [-0.39, 0.29) is 0 Å². The molecule has 1 aromatic heterocycles. The maximum absolute atomic E-state index is 5.80. The van der Waals surface area contributed by atoms with Gasteiger partial charge in [-0.05, 0) is 45.2 Å². The minimum absolute atomic E-state index is 0.665. The Hall–Kier alpha value is -0.870. The van der Waals surface area contributed by atoms with Crippen molar-refractivity contribution in [3.05, 3.63) is 18.0 Å². The van der Waals surface area contributed by atoms with Crippen LogP contribution in [-0.2, 0) is 13.1 Å². The van der Waals surface area contributed by atoms with Gasteiger partial charge in [0.15, 0.2) is 0 Å². The maximum atomic E-state index is 5.80. The van der Waals surface area contributed by atoms with Gasteiger partial charge in [-0.2, -0.15) is 5.10 Å². The fraction of sp³-hybridized carbons (Fsp3) is 0.769. The lowest BCUT2D eigenvalue weighted by Gasteiger charge is -2.37. The van der Waals surface area contributed by atoms with Crippen LogP contribution < -0.4 is 5.73 Å². The van der Waals surface area contributed by atoms with E-state index in [9.17, 15) is 0 Å². The highest BCUT2D eigenvalue weighted by Gasteiger charge is 2.25. The zero-order valence-corrected chi connectivity index (χ0v) is 11.0. The Kier molecular flexibility index (Phi) is 4.18. The van der Waals surface area contributed by atoms with Gasteiger partial charge in [0.1, 0.15) is 0 Å². The van der Waals surface area contributed by atoms with E-state index in [0.717, 1.165) is 26.2 Å². The first-order valence-corrected chi connectivity index (χ1v) is 6.69. The monoisotopic (exact) mass is 236 g/mol. The summed E-state index contributed by atoms with van der Waals surface area (Å²) < 4.78 is 2.08. The number of hydrogen-bond donors (Lipinski definition) is 1. The van der Waals surface area contributed by atoms with Gasteiger partial charge in [-0.3, -0.25) is 9.58 Å². The van der Waals surface area contributed by atoms with Gasteiger partial charge in [-0.15, -0.1) is 0 Å². The summed E-state index contributed by atoms with van der Waals surface area (Å²) in [6.45, 7) is 8.36. The molecule has 0 aliphatic carbocycles. The van der Waals surface area contributed by atoms with Crippen LogP contribution in [0.3, 0.4) is 0 Å². The van der Waals surface area contributed by atoms with E-state index in [4.69, 9.17) is 5.73 Å². The lowest BCUT2D eigenvalue weighted by molar-refractivity contribution is 0.110. The number of nitrogens with zero attached hydrogens (tertiary/aromatic N) is 3. The first kappa shape index (κ1) is 12.6. The molecule has 0 radical (unpaired) electrons. The lowest BCUT2D eigenvalue weighted by atomic mass is 9.93. The van der Waals surface area contributed by atoms with E-state index in [0.29, 0.717) is 12.0 Å². The molecule has 2 N–H and O–H groups in total. The molecule has 0 spiro atoms. The first-order chi connectivity index (χ1) is 8.24. The van der Waals surface area contributed by atoms with E-state index < -0.39 is 0 Å². The topological polar surface area (TPSA) is 47.1 Å². The molecule has 2 unspecified atom stereocenters. The van der Waals surface area contributed by atoms with E-state index >= 15 is 0 Å².